The molecule has 0 amide bonds. The summed E-state index contributed by atoms with van der Waals surface area (Å²) in [6.07, 6.45) is 0.510. The normalized spacial score (nSPS) is 18.4. The SMILES string of the molecule is CC1(C)C(=O)Cc2cc(CO)ccc21. The summed E-state index contributed by atoms with van der Waals surface area (Å²) in [5, 5.41) is 8.98. The number of aliphatic hydroxyl groups excluding tert-OH is 1. The van der Waals surface area contributed by atoms with Crippen molar-refractivity contribution >= 4 is 5.78 Å². The molecule has 14 heavy (non-hydrogen) atoms. The van der Waals surface area contributed by atoms with Crippen LogP contribution in [0.25, 0.3) is 0 Å². The van der Waals surface area contributed by atoms with E-state index in [0.29, 0.717) is 6.42 Å². The summed E-state index contributed by atoms with van der Waals surface area (Å²) in [6, 6.07) is 5.78. The topological polar surface area (TPSA) is 37.3 Å². The highest BCUT2D eigenvalue weighted by Gasteiger charge is 2.37. The molecule has 0 fully saturated rings. The average molecular weight is 190 g/mol. The van der Waals surface area contributed by atoms with Crippen LogP contribution < -0.4 is 0 Å². The molecule has 0 saturated carbocycles. The van der Waals surface area contributed by atoms with Crippen molar-refractivity contribution in [3.8, 4) is 0 Å². The Kier molecular flexibility index (Phi) is 1.96. The van der Waals surface area contributed by atoms with Gasteiger partial charge in [-0.25, -0.2) is 0 Å². The van der Waals surface area contributed by atoms with Crippen molar-refractivity contribution in [1.29, 1.82) is 0 Å². The molecule has 0 aliphatic heterocycles. The van der Waals surface area contributed by atoms with E-state index in [1.807, 2.05) is 32.0 Å². The van der Waals surface area contributed by atoms with Gasteiger partial charge in [0, 0.05) is 11.8 Å². The largest absolute Gasteiger partial charge is 0.392 e. The van der Waals surface area contributed by atoms with Gasteiger partial charge in [-0.15, -0.1) is 0 Å². The van der Waals surface area contributed by atoms with E-state index < -0.39 is 0 Å². The molecule has 0 aromatic heterocycles. The summed E-state index contributed by atoms with van der Waals surface area (Å²) in [7, 11) is 0. The Hall–Kier alpha value is -1.15. The lowest BCUT2D eigenvalue weighted by Crippen LogP contribution is -2.23. The highest BCUT2D eigenvalue weighted by atomic mass is 16.3. The van der Waals surface area contributed by atoms with Gasteiger partial charge in [0.15, 0.2) is 0 Å². The van der Waals surface area contributed by atoms with Crippen molar-refractivity contribution in [3.05, 3.63) is 34.9 Å². The standard InChI is InChI=1S/C12H14O2/c1-12(2)10-4-3-8(7-13)5-9(10)6-11(12)14/h3-5,13H,6-7H2,1-2H3. The van der Waals surface area contributed by atoms with Gasteiger partial charge in [0.1, 0.15) is 5.78 Å². The van der Waals surface area contributed by atoms with Crippen LogP contribution in [0.3, 0.4) is 0 Å². The number of rotatable bonds is 1. The first-order valence-corrected chi connectivity index (χ1v) is 4.82. The molecule has 1 aromatic rings. The molecule has 0 atom stereocenters. The minimum atomic E-state index is -0.344. The molecule has 0 bridgehead atoms. The van der Waals surface area contributed by atoms with Crippen LogP contribution in [0.1, 0.15) is 30.5 Å². The van der Waals surface area contributed by atoms with E-state index in [0.717, 1.165) is 16.7 Å². The van der Waals surface area contributed by atoms with Crippen LogP contribution >= 0.6 is 0 Å². The lowest BCUT2D eigenvalue weighted by Gasteiger charge is -2.17. The second-order valence-electron chi connectivity index (χ2n) is 4.37. The summed E-state index contributed by atoms with van der Waals surface area (Å²) in [4.78, 5) is 11.7. The van der Waals surface area contributed by atoms with Crippen molar-refractivity contribution in [2.24, 2.45) is 0 Å². The van der Waals surface area contributed by atoms with Crippen molar-refractivity contribution in [1.82, 2.24) is 0 Å². The third-order valence-electron chi connectivity index (χ3n) is 3.07. The van der Waals surface area contributed by atoms with Crippen molar-refractivity contribution < 1.29 is 9.90 Å². The van der Waals surface area contributed by atoms with Crippen LogP contribution in [0.5, 0.6) is 0 Å². The summed E-state index contributed by atoms with van der Waals surface area (Å²) in [6.45, 7) is 3.96. The van der Waals surface area contributed by atoms with E-state index in [-0.39, 0.29) is 17.8 Å². The number of ketones is 1. The zero-order chi connectivity index (χ0) is 10.3. The Labute approximate surface area is 83.6 Å². The molecule has 0 saturated heterocycles. The fourth-order valence-electron chi connectivity index (χ4n) is 2.05. The molecule has 74 valence electrons. The number of carbonyl (C=O) groups excluding carboxylic acids is 1. The molecular formula is C12H14O2. The fraction of sp³-hybridized carbons (Fsp3) is 0.417. The Bertz CT molecular complexity index is 391. The molecule has 0 heterocycles. The van der Waals surface area contributed by atoms with E-state index in [2.05, 4.69) is 0 Å². The van der Waals surface area contributed by atoms with Crippen LogP contribution in [-0.2, 0) is 23.2 Å². The van der Waals surface area contributed by atoms with Crippen LogP contribution in [0.15, 0.2) is 18.2 Å². The minimum absolute atomic E-state index is 0.0436. The molecule has 1 aliphatic carbocycles. The van der Waals surface area contributed by atoms with Crippen LogP contribution in [-0.4, -0.2) is 10.9 Å². The molecule has 1 N–H and O–H groups in total. The van der Waals surface area contributed by atoms with Crippen LogP contribution in [0.4, 0.5) is 0 Å². The van der Waals surface area contributed by atoms with Gasteiger partial charge in [-0.1, -0.05) is 18.2 Å². The van der Waals surface area contributed by atoms with Gasteiger partial charge >= 0.3 is 0 Å². The Morgan fingerprint density at radius 3 is 2.79 bits per heavy atom. The maximum Gasteiger partial charge on any atom is 0.147 e. The molecule has 0 unspecified atom stereocenters. The summed E-state index contributed by atoms with van der Waals surface area (Å²) in [5.74, 6) is 0.266. The smallest absolute Gasteiger partial charge is 0.147 e. The Morgan fingerprint density at radius 2 is 2.14 bits per heavy atom. The highest BCUT2D eigenvalue weighted by Crippen LogP contribution is 2.35. The average Bonchev–Trinajstić information content (AvgIpc) is 2.38. The molecule has 0 radical (unpaired) electrons. The Balaban J connectivity index is 2.54. The van der Waals surface area contributed by atoms with Gasteiger partial charge in [-0.05, 0) is 30.5 Å². The second kappa shape index (κ2) is 2.92. The van der Waals surface area contributed by atoms with Crippen molar-refractivity contribution in [2.45, 2.75) is 32.3 Å². The number of fused-ring (bicyclic) bond motifs is 1. The third-order valence-corrected chi connectivity index (χ3v) is 3.07. The number of aliphatic hydroxyl groups is 1. The van der Waals surface area contributed by atoms with Gasteiger partial charge in [0.25, 0.3) is 0 Å². The minimum Gasteiger partial charge on any atom is -0.392 e. The van der Waals surface area contributed by atoms with Crippen LogP contribution in [0, 0.1) is 0 Å². The lowest BCUT2D eigenvalue weighted by molar-refractivity contribution is -0.121. The highest BCUT2D eigenvalue weighted by molar-refractivity contribution is 5.95. The number of hydrogen-bond acceptors (Lipinski definition) is 2. The predicted octanol–water partition coefficient (Wildman–Crippen LogP) is 1.58. The summed E-state index contributed by atoms with van der Waals surface area (Å²) in [5.41, 5.74) is 2.73. The first kappa shape index (κ1) is 9.41. The van der Waals surface area contributed by atoms with E-state index in [1.54, 1.807) is 0 Å². The molecular weight excluding hydrogens is 176 g/mol. The van der Waals surface area contributed by atoms with E-state index in [1.165, 1.54) is 0 Å². The maximum atomic E-state index is 11.7. The van der Waals surface area contributed by atoms with Gasteiger partial charge in [-0.3, -0.25) is 4.79 Å². The monoisotopic (exact) mass is 190 g/mol. The number of benzene rings is 1. The Morgan fingerprint density at radius 1 is 1.43 bits per heavy atom. The van der Waals surface area contributed by atoms with Crippen molar-refractivity contribution in [3.63, 3.8) is 0 Å². The van der Waals surface area contributed by atoms with E-state index in [9.17, 15) is 4.79 Å². The lowest BCUT2D eigenvalue weighted by atomic mass is 9.85. The number of carbonyl (C=O) groups is 1. The number of hydrogen-bond donors (Lipinski definition) is 1. The first-order chi connectivity index (χ1) is 6.55. The van der Waals surface area contributed by atoms with Gasteiger partial charge in [0.05, 0.1) is 6.61 Å². The van der Waals surface area contributed by atoms with E-state index in [4.69, 9.17) is 5.11 Å². The molecule has 1 aromatic carbocycles. The van der Waals surface area contributed by atoms with E-state index >= 15 is 0 Å². The molecule has 0 spiro atoms. The quantitative estimate of drug-likeness (QED) is 0.730. The molecule has 2 rings (SSSR count). The molecule has 2 heteroatoms. The fourth-order valence-corrected chi connectivity index (χ4v) is 2.05. The molecule has 2 nitrogen and oxygen atoms in total. The predicted molar refractivity (Wildman–Crippen MR) is 54.1 cm³/mol. The van der Waals surface area contributed by atoms with Crippen LogP contribution in [0.2, 0.25) is 0 Å². The zero-order valence-corrected chi connectivity index (χ0v) is 8.50. The molecule has 1 aliphatic rings. The summed E-state index contributed by atoms with van der Waals surface area (Å²) >= 11 is 0. The van der Waals surface area contributed by atoms with Gasteiger partial charge in [-0.2, -0.15) is 0 Å². The zero-order valence-electron chi connectivity index (χ0n) is 8.50. The second-order valence-corrected chi connectivity index (χ2v) is 4.37. The number of Topliss-reactive ketones (excluding diaryl/α,β-unsaturated/α-hetero) is 1. The van der Waals surface area contributed by atoms with Gasteiger partial charge in [0.2, 0.25) is 0 Å². The summed E-state index contributed by atoms with van der Waals surface area (Å²) < 4.78 is 0. The maximum absolute atomic E-state index is 11.7. The third kappa shape index (κ3) is 1.18. The van der Waals surface area contributed by atoms with Crippen molar-refractivity contribution in [2.75, 3.05) is 0 Å². The first-order valence-electron chi connectivity index (χ1n) is 4.82. The van der Waals surface area contributed by atoms with Gasteiger partial charge < -0.3 is 5.11 Å².